The first kappa shape index (κ1) is 20.2. The summed E-state index contributed by atoms with van der Waals surface area (Å²) in [6.07, 6.45) is 6.21. The summed E-state index contributed by atoms with van der Waals surface area (Å²) >= 11 is 1.62. The van der Waals surface area contributed by atoms with Gasteiger partial charge in [0.25, 0.3) is 5.91 Å². The Bertz CT molecular complexity index is 1310. The Kier molecular flexibility index (Phi) is 5.57. The van der Waals surface area contributed by atoms with Gasteiger partial charge in [0.2, 0.25) is 0 Å². The van der Waals surface area contributed by atoms with Gasteiger partial charge in [-0.2, -0.15) is 0 Å². The van der Waals surface area contributed by atoms with Gasteiger partial charge in [-0.15, -0.1) is 11.8 Å². The summed E-state index contributed by atoms with van der Waals surface area (Å²) in [5.74, 6) is -0.107. The van der Waals surface area contributed by atoms with Crippen LogP contribution in [0, 0.1) is 0 Å². The van der Waals surface area contributed by atoms with Crippen molar-refractivity contribution in [2.45, 2.75) is 4.90 Å². The Morgan fingerprint density at radius 2 is 1.81 bits per heavy atom. The zero-order chi connectivity index (χ0) is 21.9. The predicted octanol–water partition coefficient (Wildman–Crippen LogP) is 6.89. The standard InChI is InChI=1S/C27H23N3OS/c1-32-23-8-4-7-20(18-23)27(31)29-21-11-13-22(14-12-21)30-17-5-16-28-26-24-9-3-2-6-19(24)10-15-25(26)30/h2-15,17-18,28H,16H2,1H3,(H,29,31). The molecule has 4 aromatic carbocycles. The van der Waals surface area contributed by atoms with Gasteiger partial charge in [-0.25, -0.2) is 0 Å². The molecule has 1 amide bonds. The number of thioether (sulfide) groups is 1. The third-order valence-corrected chi connectivity index (χ3v) is 6.28. The van der Waals surface area contributed by atoms with Crippen molar-refractivity contribution in [1.82, 2.24) is 0 Å². The summed E-state index contributed by atoms with van der Waals surface area (Å²) in [4.78, 5) is 15.9. The highest BCUT2D eigenvalue weighted by molar-refractivity contribution is 7.98. The molecule has 5 rings (SSSR count). The molecule has 158 valence electrons. The lowest BCUT2D eigenvalue weighted by molar-refractivity contribution is 0.102. The van der Waals surface area contributed by atoms with Crippen molar-refractivity contribution in [3.8, 4) is 0 Å². The fourth-order valence-electron chi connectivity index (χ4n) is 3.94. The summed E-state index contributed by atoms with van der Waals surface area (Å²) in [5, 5.41) is 8.96. The molecular formula is C27H23N3OS. The third-order valence-electron chi connectivity index (χ3n) is 5.55. The Balaban J connectivity index is 1.42. The summed E-state index contributed by atoms with van der Waals surface area (Å²) in [6.45, 7) is 0.765. The first-order valence-electron chi connectivity index (χ1n) is 10.5. The lowest BCUT2D eigenvalue weighted by Crippen LogP contribution is -2.12. The number of nitrogens with zero attached hydrogens (tertiary/aromatic N) is 1. The zero-order valence-electron chi connectivity index (χ0n) is 17.7. The Morgan fingerprint density at radius 1 is 0.969 bits per heavy atom. The molecule has 1 heterocycles. The highest BCUT2D eigenvalue weighted by atomic mass is 32.2. The van der Waals surface area contributed by atoms with Crippen LogP contribution in [0.5, 0.6) is 0 Å². The van der Waals surface area contributed by atoms with Crippen LogP contribution in [0.2, 0.25) is 0 Å². The molecule has 0 atom stereocenters. The number of fused-ring (bicyclic) bond motifs is 3. The van der Waals surface area contributed by atoms with Crippen LogP contribution >= 0.6 is 11.8 Å². The SMILES string of the molecule is CSc1cccc(C(=O)Nc2ccc(N3C=CCNc4c3ccc3ccccc43)cc2)c1. The van der Waals surface area contributed by atoms with Crippen LogP contribution in [0.25, 0.3) is 10.8 Å². The van der Waals surface area contributed by atoms with Gasteiger partial charge < -0.3 is 15.5 Å². The van der Waals surface area contributed by atoms with Crippen molar-refractivity contribution >= 4 is 51.2 Å². The predicted molar refractivity (Wildman–Crippen MR) is 136 cm³/mol. The normalized spacial score (nSPS) is 12.7. The van der Waals surface area contributed by atoms with Crippen LogP contribution in [0.4, 0.5) is 22.7 Å². The second-order valence-corrected chi connectivity index (χ2v) is 8.43. The van der Waals surface area contributed by atoms with Crippen molar-refractivity contribution in [2.24, 2.45) is 0 Å². The number of carbonyl (C=O) groups is 1. The second-order valence-electron chi connectivity index (χ2n) is 7.55. The lowest BCUT2D eigenvalue weighted by atomic mass is 10.1. The van der Waals surface area contributed by atoms with Gasteiger partial charge in [-0.1, -0.05) is 36.4 Å². The summed E-state index contributed by atoms with van der Waals surface area (Å²) in [5.41, 5.74) is 4.68. The molecule has 0 aromatic heterocycles. The number of rotatable bonds is 4. The van der Waals surface area contributed by atoms with Gasteiger partial charge in [0.1, 0.15) is 0 Å². The van der Waals surface area contributed by atoms with Crippen LogP contribution in [-0.4, -0.2) is 18.7 Å². The molecule has 2 N–H and O–H groups in total. The van der Waals surface area contributed by atoms with Crippen LogP contribution in [0.15, 0.2) is 102 Å². The van der Waals surface area contributed by atoms with E-state index < -0.39 is 0 Å². The summed E-state index contributed by atoms with van der Waals surface area (Å²) in [7, 11) is 0. The molecule has 1 aliphatic rings. The number of hydrogen-bond acceptors (Lipinski definition) is 4. The van der Waals surface area contributed by atoms with Crippen molar-refractivity contribution in [2.75, 3.05) is 28.3 Å². The topological polar surface area (TPSA) is 44.4 Å². The summed E-state index contributed by atoms with van der Waals surface area (Å²) < 4.78 is 0. The van der Waals surface area contributed by atoms with Crippen LogP contribution in [-0.2, 0) is 0 Å². The van der Waals surface area contributed by atoms with Gasteiger partial charge in [-0.3, -0.25) is 4.79 Å². The maximum Gasteiger partial charge on any atom is 0.255 e. The van der Waals surface area contributed by atoms with E-state index in [0.717, 1.165) is 34.2 Å². The van der Waals surface area contributed by atoms with E-state index >= 15 is 0 Å². The van der Waals surface area contributed by atoms with Gasteiger partial charge in [0, 0.05) is 40.0 Å². The van der Waals surface area contributed by atoms with Crippen LogP contribution in [0.1, 0.15) is 10.4 Å². The van der Waals surface area contributed by atoms with Crippen molar-refractivity contribution < 1.29 is 4.79 Å². The molecule has 32 heavy (non-hydrogen) atoms. The second kappa shape index (κ2) is 8.81. The fraction of sp³-hybridized carbons (Fsp3) is 0.0741. The summed E-state index contributed by atoms with van der Waals surface area (Å²) in [6, 6.07) is 28.3. The van der Waals surface area contributed by atoms with Gasteiger partial charge in [0.15, 0.2) is 0 Å². The zero-order valence-corrected chi connectivity index (χ0v) is 18.5. The van der Waals surface area contributed by atoms with E-state index in [1.165, 1.54) is 10.8 Å². The molecule has 0 bridgehead atoms. The lowest BCUT2D eigenvalue weighted by Gasteiger charge is -2.23. The highest BCUT2D eigenvalue weighted by Gasteiger charge is 2.16. The molecule has 0 fully saturated rings. The molecule has 0 radical (unpaired) electrons. The molecule has 0 saturated carbocycles. The van der Waals surface area contributed by atoms with Crippen molar-refractivity contribution in [1.29, 1.82) is 0 Å². The van der Waals surface area contributed by atoms with Gasteiger partial charge in [-0.05, 0) is 66.2 Å². The number of hydrogen-bond donors (Lipinski definition) is 2. The van der Waals surface area contributed by atoms with Crippen molar-refractivity contribution in [3.05, 3.63) is 103 Å². The maximum absolute atomic E-state index is 12.7. The highest BCUT2D eigenvalue weighted by Crippen LogP contribution is 2.39. The number of carbonyl (C=O) groups excluding carboxylic acids is 1. The Labute approximate surface area is 192 Å². The fourth-order valence-corrected chi connectivity index (χ4v) is 4.40. The van der Waals surface area contributed by atoms with E-state index in [1.807, 2.05) is 54.8 Å². The number of amides is 1. The van der Waals surface area contributed by atoms with E-state index in [2.05, 4.69) is 64.2 Å². The quantitative estimate of drug-likeness (QED) is 0.341. The Hall–Kier alpha value is -3.70. The monoisotopic (exact) mass is 437 g/mol. The molecule has 0 saturated heterocycles. The van der Waals surface area contributed by atoms with E-state index in [-0.39, 0.29) is 5.91 Å². The molecule has 0 unspecified atom stereocenters. The van der Waals surface area contributed by atoms with Crippen LogP contribution < -0.4 is 15.5 Å². The molecule has 4 aromatic rings. The van der Waals surface area contributed by atoms with E-state index in [9.17, 15) is 4.79 Å². The molecule has 5 heteroatoms. The molecule has 0 spiro atoms. The van der Waals surface area contributed by atoms with Gasteiger partial charge in [0.05, 0.1) is 11.4 Å². The molecule has 4 nitrogen and oxygen atoms in total. The minimum absolute atomic E-state index is 0.107. The first-order chi connectivity index (χ1) is 15.7. The third kappa shape index (κ3) is 3.95. The number of anilines is 4. The van der Waals surface area contributed by atoms with Gasteiger partial charge >= 0.3 is 0 Å². The van der Waals surface area contributed by atoms with E-state index in [4.69, 9.17) is 0 Å². The molecule has 0 aliphatic carbocycles. The maximum atomic E-state index is 12.7. The minimum Gasteiger partial charge on any atom is -0.379 e. The number of benzene rings is 4. The average Bonchev–Trinajstić information content (AvgIpc) is 3.07. The van der Waals surface area contributed by atoms with Crippen molar-refractivity contribution in [3.63, 3.8) is 0 Å². The van der Waals surface area contributed by atoms with E-state index in [1.54, 1.807) is 11.8 Å². The molecule has 1 aliphatic heterocycles. The smallest absolute Gasteiger partial charge is 0.255 e. The average molecular weight is 438 g/mol. The first-order valence-corrected chi connectivity index (χ1v) is 11.7. The Morgan fingerprint density at radius 3 is 2.66 bits per heavy atom. The number of nitrogens with one attached hydrogen (secondary N) is 2. The van der Waals surface area contributed by atoms with E-state index in [0.29, 0.717) is 5.56 Å². The van der Waals surface area contributed by atoms with Crippen LogP contribution in [0.3, 0.4) is 0 Å². The molecular weight excluding hydrogens is 414 g/mol. The largest absolute Gasteiger partial charge is 0.379 e. The minimum atomic E-state index is -0.107.